The third kappa shape index (κ3) is 5.16. The molecule has 0 aliphatic carbocycles. The van der Waals surface area contributed by atoms with E-state index in [0.29, 0.717) is 17.9 Å². The van der Waals surface area contributed by atoms with Gasteiger partial charge < -0.3 is 10.4 Å². The molecule has 3 aromatic rings. The summed E-state index contributed by atoms with van der Waals surface area (Å²) >= 11 is 0. The van der Waals surface area contributed by atoms with Crippen molar-refractivity contribution in [2.24, 2.45) is 11.8 Å². The first kappa shape index (κ1) is 23.1. The molecule has 0 amide bonds. The largest absolute Gasteiger partial charge is 0.481 e. The number of carbonyl (C=O) groups excluding carboxylic acids is 1. The Hall–Kier alpha value is -3.62. The van der Waals surface area contributed by atoms with E-state index >= 15 is 0 Å². The van der Waals surface area contributed by atoms with Crippen LogP contribution < -0.4 is 5.32 Å². The van der Waals surface area contributed by atoms with Gasteiger partial charge in [-0.05, 0) is 30.0 Å². The molecule has 0 aliphatic rings. The van der Waals surface area contributed by atoms with Gasteiger partial charge in [0.05, 0.1) is 18.7 Å². The first-order chi connectivity index (χ1) is 15.2. The maximum Gasteiger partial charge on any atom is 0.308 e. The lowest BCUT2D eigenvalue weighted by Crippen LogP contribution is -2.28. The van der Waals surface area contributed by atoms with E-state index in [1.807, 2.05) is 31.2 Å². The summed E-state index contributed by atoms with van der Waals surface area (Å²) in [5.41, 5.74) is 2.80. The van der Waals surface area contributed by atoms with E-state index in [2.05, 4.69) is 20.4 Å². The minimum Gasteiger partial charge on any atom is -0.481 e. The number of aromatic nitrogens is 4. The van der Waals surface area contributed by atoms with E-state index in [9.17, 15) is 19.1 Å². The van der Waals surface area contributed by atoms with Gasteiger partial charge in [-0.1, -0.05) is 38.1 Å². The summed E-state index contributed by atoms with van der Waals surface area (Å²) < 4.78 is 15.9. The third-order valence-electron chi connectivity index (χ3n) is 5.31. The molecule has 0 saturated heterocycles. The fourth-order valence-electron chi connectivity index (χ4n) is 3.31. The number of rotatable bonds is 9. The molecule has 2 N–H and O–H groups in total. The second-order valence-corrected chi connectivity index (χ2v) is 8.01. The number of ketones is 1. The molecule has 32 heavy (non-hydrogen) atoms. The van der Waals surface area contributed by atoms with E-state index in [0.717, 1.165) is 17.3 Å². The summed E-state index contributed by atoms with van der Waals surface area (Å²) in [7, 11) is 0. The zero-order chi connectivity index (χ0) is 23.4. The molecule has 0 aliphatic heterocycles. The van der Waals surface area contributed by atoms with Crippen LogP contribution in [0.3, 0.4) is 0 Å². The molecule has 1 aromatic carbocycles. The van der Waals surface area contributed by atoms with E-state index in [1.165, 1.54) is 6.92 Å². The minimum absolute atomic E-state index is 0.0147. The molecule has 0 fully saturated rings. The third-order valence-corrected chi connectivity index (χ3v) is 5.31. The molecular weight excluding hydrogens is 413 g/mol. The van der Waals surface area contributed by atoms with Crippen LogP contribution in [0.4, 0.5) is 10.2 Å². The van der Waals surface area contributed by atoms with Crippen LogP contribution in [-0.4, -0.2) is 43.2 Å². The lowest BCUT2D eigenvalue weighted by molar-refractivity contribution is -0.142. The van der Waals surface area contributed by atoms with Crippen molar-refractivity contribution in [2.45, 2.75) is 34.2 Å². The first-order valence-corrected chi connectivity index (χ1v) is 10.3. The molecular formula is C23H26FN5O3. The molecule has 2 aromatic heterocycles. The summed E-state index contributed by atoms with van der Waals surface area (Å²) in [6.45, 7) is 7.41. The second kappa shape index (κ2) is 9.67. The van der Waals surface area contributed by atoms with Crippen LogP contribution in [0.15, 0.2) is 36.5 Å². The Balaban J connectivity index is 1.91. The fourth-order valence-corrected chi connectivity index (χ4v) is 3.31. The standard InChI is InChI=1S/C23H26FN5O3/c1-13(2)17(23(31)32)10-25-21-18(24)11-26-22(27-21)19-9-20(15(4)30)29(28-19)12-16-8-6-5-7-14(16)3/h5-9,11,13,17H,10,12H2,1-4H3,(H,31,32)(H,25,26,27)/t17-/m1/s1. The van der Waals surface area contributed by atoms with E-state index in [-0.39, 0.29) is 29.9 Å². The topological polar surface area (TPSA) is 110 Å². The number of hydrogen-bond donors (Lipinski definition) is 2. The van der Waals surface area contributed by atoms with Crippen LogP contribution in [0.2, 0.25) is 0 Å². The van der Waals surface area contributed by atoms with Gasteiger partial charge in [-0.2, -0.15) is 5.10 Å². The van der Waals surface area contributed by atoms with E-state index in [4.69, 9.17) is 0 Å². The van der Waals surface area contributed by atoms with Crippen LogP contribution in [0, 0.1) is 24.6 Å². The van der Waals surface area contributed by atoms with Crippen molar-refractivity contribution in [3.63, 3.8) is 0 Å². The number of aryl methyl sites for hydroxylation is 1. The average Bonchev–Trinajstić information content (AvgIpc) is 3.15. The summed E-state index contributed by atoms with van der Waals surface area (Å²) in [6.07, 6.45) is 1.00. The molecule has 0 bridgehead atoms. The predicted molar refractivity (Wildman–Crippen MR) is 118 cm³/mol. The monoisotopic (exact) mass is 439 g/mol. The number of benzene rings is 1. The number of anilines is 1. The normalized spacial score (nSPS) is 12.1. The Labute approximate surface area is 185 Å². The Bertz CT molecular complexity index is 1140. The van der Waals surface area contributed by atoms with Crippen molar-refractivity contribution in [1.82, 2.24) is 19.7 Å². The number of halogens is 1. The van der Waals surface area contributed by atoms with Gasteiger partial charge in [-0.15, -0.1) is 0 Å². The van der Waals surface area contributed by atoms with Gasteiger partial charge in [0.25, 0.3) is 0 Å². The lowest BCUT2D eigenvalue weighted by atomic mass is 9.96. The summed E-state index contributed by atoms with van der Waals surface area (Å²) in [5, 5.41) is 16.6. The number of Topliss-reactive ketones (excluding diaryl/α,β-unsaturated/α-hetero) is 1. The van der Waals surface area contributed by atoms with E-state index in [1.54, 1.807) is 24.6 Å². The molecule has 8 nitrogen and oxygen atoms in total. The highest BCUT2D eigenvalue weighted by molar-refractivity contribution is 5.93. The number of carboxylic acid groups (broad SMARTS) is 1. The highest BCUT2D eigenvalue weighted by Gasteiger charge is 2.22. The highest BCUT2D eigenvalue weighted by atomic mass is 19.1. The minimum atomic E-state index is -0.969. The quantitative estimate of drug-likeness (QED) is 0.488. The molecule has 3 rings (SSSR count). The molecule has 168 valence electrons. The second-order valence-electron chi connectivity index (χ2n) is 8.01. The summed E-state index contributed by atoms with van der Waals surface area (Å²) in [4.78, 5) is 31.8. The average molecular weight is 439 g/mol. The van der Waals surface area contributed by atoms with Crippen molar-refractivity contribution >= 4 is 17.6 Å². The Morgan fingerprint density at radius 1 is 1.25 bits per heavy atom. The zero-order valence-corrected chi connectivity index (χ0v) is 18.5. The number of carbonyl (C=O) groups is 2. The van der Waals surface area contributed by atoms with Gasteiger partial charge in [-0.3, -0.25) is 14.3 Å². The number of nitrogens with one attached hydrogen (secondary N) is 1. The van der Waals surface area contributed by atoms with Crippen LogP contribution in [-0.2, 0) is 11.3 Å². The van der Waals surface area contributed by atoms with Crippen molar-refractivity contribution in [2.75, 3.05) is 11.9 Å². The highest BCUT2D eigenvalue weighted by Crippen LogP contribution is 2.21. The summed E-state index contributed by atoms with van der Waals surface area (Å²) in [5.74, 6) is -2.66. The molecule has 0 saturated carbocycles. The lowest BCUT2D eigenvalue weighted by Gasteiger charge is -2.17. The van der Waals surface area contributed by atoms with Crippen LogP contribution in [0.25, 0.3) is 11.5 Å². The first-order valence-electron chi connectivity index (χ1n) is 10.3. The zero-order valence-electron chi connectivity index (χ0n) is 18.5. The number of hydrogen-bond acceptors (Lipinski definition) is 6. The fraction of sp³-hybridized carbons (Fsp3) is 0.348. The SMILES string of the molecule is CC(=O)c1cc(-c2ncc(F)c(NC[C@@H](C(=O)O)C(C)C)n2)nn1Cc1ccccc1C. The van der Waals surface area contributed by atoms with Crippen molar-refractivity contribution in [1.29, 1.82) is 0 Å². The van der Waals surface area contributed by atoms with Crippen molar-refractivity contribution in [3.8, 4) is 11.5 Å². The molecule has 0 radical (unpaired) electrons. The van der Waals surface area contributed by atoms with Crippen LogP contribution in [0.5, 0.6) is 0 Å². The van der Waals surface area contributed by atoms with Gasteiger partial charge in [0, 0.05) is 13.5 Å². The number of nitrogens with zero attached hydrogens (tertiary/aromatic N) is 4. The Kier molecular flexibility index (Phi) is 6.97. The number of carboxylic acids is 1. The number of aliphatic carboxylic acids is 1. The molecule has 2 heterocycles. The van der Waals surface area contributed by atoms with Gasteiger partial charge in [0.2, 0.25) is 0 Å². The van der Waals surface area contributed by atoms with Crippen molar-refractivity contribution < 1.29 is 19.1 Å². The Morgan fingerprint density at radius 3 is 2.59 bits per heavy atom. The van der Waals surface area contributed by atoms with Gasteiger partial charge in [0.15, 0.2) is 23.2 Å². The molecule has 1 atom stereocenters. The smallest absolute Gasteiger partial charge is 0.308 e. The van der Waals surface area contributed by atoms with Gasteiger partial charge >= 0.3 is 5.97 Å². The molecule has 9 heteroatoms. The maximum absolute atomic E-state index is 14.3. The van der Waals surface area contributed by atoms with Crippen molar-refractivity contribution in [3.05, 3.63) is 59.2 Å². The summed E-state index contributed by atoms with van der Waals surface area (Å²) in [6, 6.07) is 9.38. The van der Waals surface area contributed by atoms with Gasteiger partial charge in [0.1, 0.15) is 11.4 Å². The maximum atomic E-state index is 14.3. The molecule has 0 unspecified atom stereocenters. The van der Waals surface area contributed by atoms with Crippen LogP contribution >= 0.6 is 0 Å². The van der Waals surface area contributed by atoms with Crippen LogP contribution in [0.1, 0.15) is 42.4 Å². The molecule has 0 spiro atoms. The van der Waals surface area contributed by atoms with Gasteiger partial charge in [-0.25, -0.2) is 14.4 Å². The Morgan fingerprint density at radius 2 is 1.97 bits per heavy atom. The predicted octanol–water partition coefficient (Wildman–Crippen LogP) is 3.81. The van der Waals surface area contributed by atoms with E-state index < -0.39 is 17.7 Å².